The van der Waals surface area contributed by atoms with Gasteiger partial charge in [0.2, 0.25) is 0 Å². The van der Waals surface area contributed by atoms with Gasteiger partial charge in [-0.25, -0.2) is 4.79 Å². The molecule has 2 aliphatic rings. The molecule has 1 saturated carbocycles. The van der Waals surface area contributed by atoms with Crippen LogP contribution in [0, 0.1) is 6.92 Å². The molecular formula is C27H33NO2. The Hall–Kier alpha value is -2.42. The Labute approximate surface area is 180 Å². The van der Waals surface area contributed by atoms with Crippen molar-refractivity contribution in [2.75, 3.05) is 0 Å². The zero-order valence-corrected chi connectivity index (χ0v) is 18.9. The molecule has 2 aromatic rings. The van der Waals surface area contributed by atoms with Crippen molar-refractivity contribution in [3.8, 4) is 0 Å². The highest BCUT2D eigenvalue weighted by atomic mass is 16.4. The molecule has 0 saturated heterocycles. The molecular weight excluding hydrogens is 370 g/mol. The number of benzene rings is 1. The average Bonchev–Trinajstić information content (AvgIpc) is 3.14. The van der Waals surface area contributed by atoms with Crippen LogP contribution in [0.3, 0.4) is 0 Å². The van der Waals surface area contributed by atoms with Gasteiger partial charge >= 0.3 is 5.97 Å². The first kappa shape index (κ1) is 20.8. The van der Waals surface area contributed by atoms with E-state index in [-0.39, 0.29) is 16.4 Å². The van der Waals surface area contributed by atoms with Crippen molar-refractivity contribution in [1.29, 1.82) is 0 Å². The molecule has 1 heterocycles. The van der Waals surface area contributed by atoms with Crippen molar-refractivity contribution in [1.82, 2.24) is 4.98 Å². The largest absolute Gasteiger partial charge is 0.478 e. The molecule has 3 nitrogen and oxygen atoms in total. The summed E-state index contributed by atoms with van der Waals surface area (Å²) in [4.78, 5) is 15.3. The number of nitrogens with zero attached hydrogens (tertiary/aromatic N) is 1. The monoisotopic (exact) mass is 403 g/mol. The van der Waals surface area contributed by atoms with Crippen molar-refractivity contribution in [3.05, 3.63) is 69.5 Å². The fraction of sp³-hybridized carbons (Fsp3) is 0.481. The van der Waals surface area contributed by atoms with Crippen LogP contribution in [0.1, 0.15) is 104 Å². The predicted octanol–water partition coefficient (Wildman–Crippen LogP) is 6.79. The molecule has 30 heavy (non-hydrogen) atoms. The molecule has 1 aromatic carbocycles. The van der Waals surface area contributed by atoms with Crippen LogP contribution in [0.4, 0.5) is 0 Å². The van der Waals surface area contributed by atoms with Crippen LogP contribution in [0.5, 0.6) is 0 Å². The van der Waals surface area contributed by atoms with E-state index in [0.29, 0.717) is 5.92 Å². The van der Waals surface area contributed by atoms with E-state index in [1.807, 2.05) is 0 Å². The summed E-state index contributed by atoms with van der Waals surface area (Å²) < 4.78 is 0. The SMILES string of the molecule is Cc1cc2c(cc1C1CC/C(=C\c3ccc(C(=O)O)cn3)C1)C(C)(C)CCC2(C)C. The van der Waals surface area contributed by atoms with Gasteiger partial charge in [-0.1, -0.05) is 45.4 Å². The highest BCUT2D eigenvalue weighted by Crippen LogP contribution is 2.49. The lowest BCUT2D eigenvalue weighted by atomic mass is 9.62. The number of pyridine rings is 1. The molecule has 0 amide bonds. The van der Waals surface area contributed by atoms with E-state index in [4.69, 9.17) is 5.11 Å². The molecule has 1 atom stereocenters. The highest BCUT2D eigenvalue weighted by Gasteiger charge is 2.38. The number of aryl methyl sites for hydroxylation is 1. The first-order chi connectivity index (χ1) is 14.1. The summed E-state index contributed by atoms with van der Waals surface area (Å²) in [5.41, 5.74) is 9.00. The van der Waals surface area contributed by atoms with Gasteiger partial charge in [-0.15, -0.1) is 0 Å². The summed E-state index contributed by atoms with van der Waals surface area (Å²) in [6, 6.07) is 8.43. The number of carboxylic acids is 1. The van der Waals surface area contributed by atoms with Gasteiger partial charge in [0.15, 0.2) is 0 Å². The molecule has 1 N–H and O–H groups in total. The third kappa shape index (κ3) is 3.82. The number of carbonyl (C=O) groups is 1. The topological polar surface area (TPSA) is 50.2 Å². The lowest BCUT2D eigenvalue weighted by molar-refractivity contribution is 0.0696. The first-order valence-corrected chi connectivity index (χ1v) is 11.1. The summed E-state index contributed by atoms with van der Waals surface area (Å²) in [7, 11) is 0. The summed E-state index contributed by atoms with van der Waals surface area (Å²) in [5.74, 6) is -0.377. The molecule has 0 radical (unpaired) electrons. The van der Waals surface area contributed by atoms with Gasteiger partial charge in [0.05, 0.1) is 11.3 Å². The van der Waals surface area contributed by atoms with E-state index in [9.17, 15) is 4.79 Å². The lowest BCUT2D eigenvalue weighted by Crippen LogP contribution is -2.34. The number of hydrogen-bond acceptors (Lipinski definition) is 2. The number of rotatable bonds is 3. The van der Waals surface area contributed by atoms with E-state index < -0.39 is 5.97 Å². The molecule has 1 unspecified atom stereocenters. The minimum atomic E-state index is -0.934. The van der Waals surface area contributed by atoms with Gasteiger partial charge in [-0.2, -0.15) is 0 Å². The number of aromatic nitrogens is 1. The van der Waals surface area contributed by atoms with Crippen LogP contribution >= 0.6 is 0 Å². The second-order valence-electron chi connectivity index (χ2n) is 10.5. The highest BCUT2D eigenvalue weighted by molar-refractivity contribution is 5.87. The van der Waals surface area contributed by atoms with Gasteiger partial charge in [0, 0.05) is 6.20 Å². The Kier molecular flexibility index (Phi) is 5.12. The number of aromatic carboxylic acids is 1. The van der Waals surface area contributed by atoms with E-state index in [1.54, 1.807) is 17.7 Å². The molecule has 1 aromatic heterocycles. The zero-order valence-electron chi connectivity index (χ0n) is 18.9. The Morgan fingerprint density at radius 2 is 1.77 bits per heavy atom. The van der Waals surface area contributed by atoms with Crippen molar-refractivity contribution in [2.45, 2.75) is 83.5 Å². The quantitative estimate of drug-likeness (QED) is 0.614. The summed E-state index contributed by atoms with van der Waals surface area (Å²) in [6.07, 6.45) is 9.39. The van der Waals surface area contributed by atoms with Gasteiger partial charge in [0.1, 0.15) is 0 Å². The molecule has 4 rings (SSSR count). The minimum Gasteiger partial charge on any atom is -0.478 e. The van der Waals surface area contributed by atoms with Crippen LogP contribution in [-0.2, 0) is 10.8 Å². The number of fused-ring (bicyclic) bond motifs is 1. The molecule has 1 fully saturated rings. The predicted molar refractivity (Wildman–Crippen MR) is 122 cm³/mol. The maximum absolute atomic E-state index is 11.0. The summed E-state index contributed by atoms with van der Waals surface area (Å²) >= 11 is 0. The molecule has 158 valence electrons. The molecule has 3 heteroatoms. The minimum absolute atomic E-state index is 0.233. The Morgan fingerprint density at radius 3 is 2.37 bits per heavy atom. The van der Waals surface area contributed by atoms with E-state index in [0.717, 1.165) is 18.5 Å². The van der Waals surface area contributed by atoms with E-state index >= 15 is 0 Å². The Bertz CT molecular complexity index is 1010. The smallest absolute Gasteiger partial charge is 0.337 e. The van der Waals surface area contributed by atoms with Crippen LogP contribution in [0.2, 0.25) is 0 Å². The summed E-state index contributed by atoms with van der Waals surface area (Å²) in [6.45, 7) is 11.8. The van der Waals surface area contributed by atoms with E-state index in [1.165, 1.54) is 47.7 Å². The second kappa shape index (κ2) is 7.37. The molecule has 0 bridgehead atoms. The maximum atomic E-state index is 11.0. The van der Waals surface area contributed by atoms with Gasteiger partial charge in [0.25, 0.3) is 0 Å². The third-order valence-corrected chi connectivity index (χ3v) is 7.39. The lowest BCUT2D eigenvalue weighted by Gasteiger charge is -2.42. The number of hydrogen-bond donors (Lipinski definition) is 1. The maximum Gasteiger partial charge on any atom is 0.337 e. The second-order valence-corrected chi connectivity index (χ2v) is 10.5. The first-order valence-electron chi connectivity index (χ1n) is 11.1. The molecule has 0 spiro atoms. The van der Waals surface area contributed by atoms with Gasteiger partial charge in [-0.3, -0.25) is 4.98 Å². The molecule has 2 aliphatic carbocycles. The van der Waals surface area contributed by atoms with Crippen molar-refractivity contribution < 1.29 is 9.90 Å². The van der Waals surface area contributed by atoms with Crippen LogP contribution in [-0.4, -0.2) is 16.1 Å². The van der Waals surface area contributed by atoms with Gasteiger partial charge in [-0.05, 0) is 96.2 Å². The van der Waals surface area contributed by atoms with Gasteiger partial charge < -0.3 is 5.11 Å². The standard InChI is InChI=1S/C27H33NO2/c1-17-12-23-24(27(4,5)11-10-26(23,2)3)15-22(17)19-7-6-18(13-19)14-21-9-8-20(16-28-21)25(29)30/h8-9,12,14-16,19H,6-7,10-11,13H2,1-5H3,(H,29,30)/b18-14+. The molecule has 0 aliphatic heterocycles. The number of allylic oxidation sites excluding steroid dienone is 1. The van der Waals surface area contributed by atoms with Crippen molar-refractivity contribution in [2.24, 2.45) is 0 Å². The third-order valence-electron chi connectivity index (χ3n) is 7.39. The normalized spacial score (nSPS) is 23.4. The Morgan fingerprint density at radius 1 is 1.10 bits per heavy atom. The van der Waals surface area contributed by atoms with E-state index in [2.05, 4.69) is 57.8 Å². The summed E-state index contributed by atoms with van der Waals surface area (Å²) in [5, 5.41) is 9.04. The van der Waals surface area contributed by atoms with Crippen LogP contribution in [0.15, 0.2) is 36.0 Å². The van der Waals surface area contributed by atoms with Crippen molar-refractivity contribution >= 4 is 12.0 Å². The van der Waals surface area contributed by atoms with Crippen LogP contribution < -0.4 is 0 Å². The van der Waals surface area contributed by atoms with Crippen molar-refractivity contribution in [3.63, 3.8) is 0 Å². The average molecular weight is 404 g/mol. The fourth-order valence-corrected chi connectivity index (χ4v) is 5.28. The Balaban J connectivity index is 1.61. The zero-order chi connectivity index (χ0) is 21.7. The van der Waals surface area contributed by atoms with Crippen LogP contribution in [0.25, 0.3) is 6.08 Å². The fourth-order valence-electron chi connectivity index (χ4n) is 5.28. The number of carboxylic acid groups (broad SMARTS) is 1.